The molecule has 0 amide bonds. The van der Waals surface area contributed by atoms with Crippen LogP contribution in [0.15, 0.2) is 0 Å². The van der Waals surface area contributed by atoms with Crippen LogP contribution in [-0.2, 0) is 9.59 Å². The van der Waals surface area contributed by atoms with Gasteiger partial charge in [-0.2, -0.15) is 0 Å². The topological polar surface area (TPSA) is 145 Å². The Morgan fingerprint density at radius 1 is 0.857 bits per heavy atom. The summed E-state index contributed by atoms with van der Waals surface area (Å²) in [6.45, 7) is 3.68. The molecule has 0 unspecified atom stereocenters. The Kier molecular flexibility index (Phi) is 29.3. The third-order valence-electron chi connectivity index (χ3n) is 0.928. The first-order chi connectivity index (χ1) is 5.54. The van der Waals surface area contributed by atoms with Crippen LogP contribution >= 0.6 is 0 Å². The summed E-state index contributed by atoms with van der Waals surface area (Å²) >= 11 is 0. The molecule has 0 aromatic carbocycles. The van der Waals surface area contributed by atoms with Gasteiger partial charge in [0.2, 0.25) is 0 Å². The van der Waals surface area contributed by atoms with Crippen LogP contribution in [0.2, 0.25) is 0 Å². The van der Waals surface area contributed by atoms with Crippen LogP contribution in [0.25, 0.3) is 0 Å². The highest BCUT2D eigenvalue weighted by atomic mass is 16.4. The van der Waals surface area contributed by atoms with E-state index in [-0.39, 0.29) is 12.3 Å². The molecule has 8 N–H and O–H groups in total. The van der Waals surface area contributed by atoms with Gasteiger partial charge in [-0.1, -0.05) is 13.8 Å². The Hall–Kier alpha value is -1.14. The molecule has 88 valence electrons. The van der Waals surface area contributed by atoms with Gasteiger partial charge in [-0.25, -0.2) is 0 Å². The Bertz CT molecular complexity index is 123. The lowest BCUT2D eigenvalue weighted by atomic mass is 10.4. The second-order valence-corrected chi connectivity index (χ2v) is 2.29. The number of carboxylic acids is 2. The predicted molar refractivity (Wildman–Crippen MR) is 55.1 cm³/mol. The Balaban J connectivity index is -0.0000000625. The van der Waals surface area contributed by atoms with Crippen LogP contribution in [0.5, 0.6) is 0 Å². The van der Waals surface area contributed by atoms with Crippen molar-refractivity contribution in [2.45, 2.75) is 39.5 Å². The van der Waals surface area contributed by atoms with E-state index >= 15 is 0 Å². The van der Waals surface area contributed by atoms with Crippen molar-refractivity contribution >= 4 is 11.9 Å². The van der Waals surface area contributed by atoms with E-state index in [1.165, 1.54) is 0 Å². The molecule has 0 aliphatic rings. The van der Waals surface area contributed by atoms with E-state index < -0.39 is 11.9 Å². The van der Waals surface area contributed by atoms with Crippen LogP contribution in [0.4, 0.5) is 0 Å². The molecule has 14 heavy (non-hydrogen) atoms. The third kappa shape index (κ3) is 44.7. The van der Waals surface area contributed by atoms with Gasteiger partial charge in [0.05, 0.1) is 0 Å². The van der Waals surface area contributed by atoms with Crippen molar-refractivity contribution in [3.63, 3.8) is 0 Å². The summed E-state index contributed by atoms with van der Waals surface area (Å²) in [5, 5.41) is 15.8. The van der Waals surface area contributed by atoms with Gasteiger partial charge in [-0.3, -0.25) is 9.59 Å². The van der Waals surface area contributed by atoms with Gasteiger partial charge in [0, 0.05) is 12.8 Å². The average Bonchev–Trinajstić information content (AvgIpc) is 1.87. The maximum Gasteiger partial charge on any atom is 0.303 e. The molecule has 0 rings (SSSR count). The van der Waals surface area contributed by atoms with Crippen LogP contribution in [0.1, 0.15) is 39.5 Å². The van der Waals surface area contributed by atoms with Crippen molar-refractivity contribution in [3.05, 3.63) is 0 Å². The van der Waals surface area contributed by atoms with Gasteiger partial charge in [0.25, 0.3) is 0 Å². The molecular weight excluding hydrogens is 188 g/mol. The second kappa shape index (κ2) is 17.8. The fourth-order valence-corrected chi connectivity index (χ4v) is 0.428. The van der Waals surface area contributed by atoms with E-state index in [2.05, 4.69) is 0 Å². The summed E-state index contributed by atoms with van der Waals surface area (Å²) in [5.74, 6) is -1.42. The molecule has 0 aromatic rings. The van der Waals surface area contributed by atoms with Crippen molar-refractivity contribution in [1.82, 2.24) is 12.3 Å². The Labute approximate surface area is 84.5 Å². The summed E-state index contributed by atoms with van der Waals surface area (Å²) in [6.07, 6.45) is 2.05. The summed E-state index contributed by atoms with van der Waals surface area (Å²) < 4.78 is 0. The molecule has 0 spiro atoms. The molecule has 0 saturated carbocycles. The fourth-order valence-electron chi connectivity index (χ4n) is 0.428. The maximum atomic E-state index is 9.60. The number of hydrogen-bond donors (Lipinski definition) is 4. The van der Waals surface area contributed by atoms with E-state index in [1.54, 1.807) is 0 Å². The molecule has 0 bridgehead atoms. The first-order valence-electron chi connectivity index (χ1n) is 3.98. The highest BCUT2D eigenvalue weighted by Crippen LogP contribution is 1.82. The summed E-state index contributed by atoms with van der Waals surface area (Å²) in [7, 11) is 0. The molecule has 0 aliphatic carbocycles. The second-order valence-electron chi connectivity index (χ2n) is 2.29. The lowest BCUT2D eigenvalue weighted by Gasteiger charge is -1.79. The molecule has 0 aromatic heterocycles. The molecule has 0 saturated heterocycles. The lowest BCUT2D eigenvalue weighted by Crippen LogP contribution is -1.90. The van der Waals surface area contributed by atoms with Crippen molar-refractivity contribution in [2.75, 3.05) is 0 Å². The minimum Gasteiger partial charge on any atom is -0.481 e. The molecule has 0 fully saturated rings. The number of aliphatic carboxylic acids is 2. The summed E-state index contributed by atoms with van der Waals surface area (Å²) in [5.41, 5.74) is 0. The minimum absolute atomic E-state index is 0. The number of rotatable bonds is 4. The van der Waals surface area contributed by atoms with Crippen molar-refractivity contribution < 1.29 is 19.8 Å². The van der Waals surface area contributed by atoms with Gasteiger partial charge in [-0.05, 0) is 12.8 Å². The fraction of sp³-hybridized carbons (Fsp3) is 0.750. The molecule has 0 aliphatic heterocycles. The molecular formula is C8H22N2O4. The summed E-state index contributed by atoms with van der Waals surface area (Å²) in [6, 6.07) is 0. The van der Waals surface area contributed by atoms with Crippen LogP contribution < -0.4 is 12.3 Å². The molecule has 0 atom stereocenters. The molecule has 6 nitrogen and oxygen atoms in total. The first kappa shape index (κ1) is 23.0. The van der Waals surface area contributed by atoms with Gasteiger partial charge in [0.15, 0.2) is 0 Å². The van der Waals surface area contributed by atoms with Crippen LogP contribution in [0, 0.1) is 0 Å². The molecule has 0 heterocycles. The van der Waals surface area contributed by atoms with Gasteiger partial charge in [-0.15, -0.1) is 0 Å². The number of carboxylic acid groups (broad SMARTS) is 2. The van der Waals surface area contributed by atoms with Crippen molar-refractivity contribution in [2.24, 2.45) is 0 Å². The molecule has 0 radical (unpaired) electrons. The number of carbonyl (C=O) groups is 2. The highest BCUT2D eigenvalue weighted by Gasteiger charge is 1.88. The first-order valence-corrected chi connectivity index (χ1v) is 3.98. The standard InChI is InChI=1S/2C4H8O2.2H3N/c2*1-2-3-4(5)6;;/h2*2-3H2,1H3,(H,5,6);2*1H3. The normalized spacial score (nSPS) is 7.00. The van der Waals surface area contributed by atoms with Crippen LogP contribution in [-0.4, -0.2) is 22.2 Å². The Morgan fingerprint density at radius 3 is 1.07 bits per heavy atom. The van der Waals surface area contributed by atoms with E-state index in [0.29, 0.717) is 12.8 Å². The van der Waals surface area contributed by atoms with E-state index in [9.17, 15) is 9.59 Å². The largest absolute Gasteiger partial charge is 0.481 e. The van der Waals surface area contributed by atoms with Gasteiger partial charge >= 0.3 is 11.9 Å². The van der Waals surface area contributed by atoms with E-state index in [1.807, 2.05) is 13.8 Å². The monoisotopic (exact) mass is 210 g/mol. The van der Waals surface area contributed by atoms with E-state index in [0.717, 1.165) is 12.8 Å². The smallest absolute Gasteiger partial charge is 0.303 e. The molecule has 6 heteroatoms. The van der Waals surface area contributed by atoms with Crippen molar-refractivity contribution in [1.29, 1.82) is 0 Å². The maximum absolute atomic E-state index is 9.60. The quantitative estimate of drug-likeness (QED) is 0.558. The van der Waals surface area contributed by atoms with Gasteiger partial charge in [0.1, 0.15) is 0 Å². The Morgan fingerprint density at radius 2 is 1.07 bits per heavy atom. The SMILES string of the molecule is CCCC(=O)O.CCCC(=O)O.N.N. The zero-order valence-corrected chi connectivity index (χ0v) is 8.95. The lowest BCUT2D eigenvalue weighted by molar-refractivity contribution is -0.138. The van der Waals surface area contributed by atoms with Gasteiger partial charge < -0.3 is 22.5 Å². The average molecular weight is 210 g/mol. The zero-order chi connectivity index (χ0) is 9.98. The summed E-state index contributed by atoms with van der Waals surface area (Å²) in [4.78, 5) is 19.2. The third-order valence-corrected chi connectivity index (χ3v) is 0.928. The minimum atomic E-state index is -0.711. The van der Waals surface area contributed by atoms with Crippen molar-refractivity contribution in [3.8, 4) is 0 Å². The highest BCUT2D eigenvalue weighted by molar-refractivity contribution is 5.66. The number of hydrogen-bond acceptors (Lipinski definition) is 4. The van der Waals surface area contributed by atoms with Crippen LogP contribution in [0.3, 0.4) is 0 Å². The van der Waals surface area contributed by atoms with E-state index in [4.69, 9.17) is 10.2 Å². The zero-order valence-electron chi connectivity index (χ0n) is 8.95. The predicted octanol–water partition coefficient (Wildman–Crippen LogP) is 2.07.